The Kier molecular flexibility index (Phi) is 4.35. The molecule has 6 heteroatoms. The number of methoxy groups -OCH3 is 2. The molecule has 6 nitrogen and oxygen atoms in total. The van der Waals surface area contributed by atoms with Crippen LogP contribution in [-0.2, 0) is 6.54 Å². The van der Waals surface area contributed by atoms with Crippen molar-refractivity contribution in [1.82, 2.24) is 15.0 Å². The first-order valence-electron chi connectivity index (χ1n) is 6.88. The van der Waals surface area contributed by atoms with Crippen molar-refractivity contribution in [3.63, 3.8) is 0 Å². The van der Waals surface area contributed by atoms with Gasteiger partial charge in [0.05, 0.1) is 26.5 Å². The maximum absolute atomic E-state index is 5.90. The van der Waals surface area contributed by atoms with Crippen molar-refractivity contribution in [3.05, 3.63) is 29.0 Å². The number of nitrogens with zero attached hydrogens (tertiary/aromatic N) is 3. The third kappa shape index (κ3) is 2.94. The molecule has 0 aliphatic rings. The van der Waals surface area contributed by atoms with Gasteiger partial charge >= 0.3 is 0 Å². The molecule has 1 aromatic carbocycles. The van der Waals surface area contributed by atoms with Crippen LogP contribution >= 0.6 is 0 Å². The van der Waals surface area contributed by atoms with E-state index in [9.17, 15) is 0 Å². The minimum absolute atomic E-state index is 0.264. The molecule has 2 rings (SSSR count). The highest BCUT2D eigenvalue weighted by Gasteiger charge is 2.16. The number of benzene rings is 1. The topological polar surface area (TPSA) is 75.2 Å². The van der Waals surface area contributed by atoms with Crippen molar-refractivity contribution in [2.24, 2.45) is 0 Å². The number of ether oxygens (including phenoxy) is 2. The molecule has 0 unspecified atom stereocenters. The SMILES string of the molecule is COc1cc(C)c(Cn2nnc(N)c2C(C)C)cc1OC. The quantitative estimate of drug-likeness (QED) is 0.915. The molecule has 0 atom stereocenters. The molecule has 0 amide bonds. The van der Waals surface area contributed by atoms with Crippen LogP contribution in [0.2, 0.25) is 0 Å². The summed E-state index contributed by atoms with van der Waals surface area (Å²) in [6, 6.07) is 3.93. The molecule has 1 aromatic heterocycles. The summed E-state index contributed by atoms with van der Waals surface area (Å²) < 4.78 is 12.5. The van der Waals surface area contributed by atoms with E-state index in [1.807, 2.05) is 23.7 Å². The minimum atomic E-state index is 0.264. The highest BCUT2D eigenvalue weighted by atomic mass is 16.5. The fraction of sp³-hybridized carbons (Fsp3) is 0.467. The van der Waals surface area contributed by atoms with Gasteiger partial charge in [0.2, 0.25) is 0 Å². The summed E-state index contributed by atoms with van der Waals surface area (Å²) >= 11 is 0. The van der Waals surface area contributed by atoms with Gasteiger partial charge in [0.25, 0.3) is 0 Å². The fourth-order valence-electron chi connectivity index (χ4n) is 2.40. The van der Waals surface area contributed by atoms with Crippen LogP contribution in [0.4, 0.5) is 5.82 Å². The number of nitrogens with two attached hydrogens (primary N) is 1. The molecule has 0 radical (unpaired) electrons. The zero-order chi connectivity index (χ0) is 15.6. The van der Waals surface area contributed by atoms with Crippen LogP contribution in [0.15, 0.2) is 12.1 Å². The van der Waals surface area contributed by atoms with Crippen LogP contribution in [0, 0.1) is 6.92 Å². The second kappa shape index (κ2) is 6.03. The lowest BCUT2D eigenvalue weighted by molar-refractivity contribution is 0.354. The van der Waals surface area contributed by atoms with Gasteiger partial charge in [-0.2, -0.15) is 0 Å². The van der Waals surface area contributed by atoms with Gasteiger partial charge in [-0.25, -0.2) is 4.68 Å². The molecule has 0 aliphatic heterocycles. The second-order valence-electron chi connectivity index (χ2n) is 5.31. The van der Waals surface area contributed by atoms with E-state index in [1.165, 1.54) is 0 Å². The first-order chi connectivity index (χ1) is 9.97. The maximum Gasteiger partial charge on any atom is 0.169 e. The molecule has 0 fully saturated rings. The predicted octanol–water partition coefficient (Wildman–Crippen LogP) is 2.36. The van der Waals surface area contributed by atoms with Crippen LogP contribution < -0.4 is 15.2 Å². The number of rotatable bonds is 5. The van der Waals surface area contributed by atoms with Crippen molar-refractivity contribution in [2.45, 2.75) is 33.2 Å². The first-order valence-corrected chi connectivity index (χ1v) is 6.88. The number of nitrogen functional groups attached to an aromatic ring is 1. The Hall–Kier alpha value is -2.24. The highest BCUT2D eigenvalue weighted by molar-refractivity contribution is 5.47. The van der Waals surface area contributed by atoms with Crippen LogP contribution in [0.5, 0.6) is 11.5 Å². The third-order valence-electron chi connectivity index (χ3n) is 3.51. The molecule has 0 spiro atoms. The molecule has 21 heavy (non-hydrogen) atoms. The van der Waals surface area contributed by atoms with Crippen LogP contribution in [0.25, 0.3) is 0 Å². The highest BCUT2D eigenvalue weighted by Crippen LogP contribution is 2.31. The van der Waals surface area contributed by atoms with E-state index >= 15 is 0 Å². The molecule has 2 N–H and O–H groups in total. The van der Waals surface area contributed by atoms with E-state index in [4.69, 9.17) is 15.2 Å². The van der Waals surface area contributed by atoms with Crippen molar-refractivity contribution in [1.29, 1.82) is 0 Å². The van der Waals surface area contributed by atoms with Gasteiger partial charge in [0.15, 0.2) is 17.3 Å². The monoisotopic (exact) mass is 290 g/mol. The summed E-state index contributed by atoms with van der Waals surface area (Å²) in [6.07, 6.45) is 0. The molecule has 1 heterocycles. The smallest absolute Gasteiger partial charge is 0.169 e. The summed E-state index contributed by atoms with van der Waals surface area (Å²) in [5.41, 5.74) is 9.05. The molecule has 0 aliphatic carbocycles. The lowest BCUT2D eigenvalue weighted by atomic mass is 10.1. The Morgan fingerprint density at radius 1 is 1.19 bits per heavy atom. The minimum Gasteiger partial charge on any atom is -0.493 e. The molecule has 2 aromatic rings. The Morgan fingerprint density at radius 2 is 1.81 bits per heavy atom. The summed E-state index contributed by atoms with van der Waals surface area (Å²) in [7, 11) is 3.26. The maximum atomic E-state index is 5.90. The van der Waals surface area contributed by atoms with Gasteiger partial charge in [0.1, 0.15) is 0 Å². The number of aryl methyl sites for hydroxylation is 1. The Labute approximate surface area is 124 Å². The zero-order valence-electron chi connectivity index (χ0n) is 13.2. The summed E-state index contributed by atoms with van der Waals surface area (Å²) in [5, 5.41) is 8.12. The van der Waals surface area contributed by atoms with Crippen molar-refractivity contribution >= 4 is 5.82 Å². The largest absolute Gasteiger partial charge is 0.493 e. The Morgan fingerprint density at radius 3 is 2.38 bits per heavy atom. The van der Waals surface area contributed by atoms with Crippen LogP contribution in [-0.4, -0.2) is 29.2 Å². The average Bonchev–Trinajstić information content (AvgIpc) is 2.81. The van der Waals surface area contributed by atoms with Crippen molar-refractivity contribution in [3.8, 4) is 11.5 Å². The average molecular weight is 290 g/mol. The van der Waals surface area contributed by atoms with Gasteiger partial charge in [-0.1, -0.05) is 19.1 Å². The molecular weight excluding hydrogens is 268 g/mol. The second-order valence-corrected chi connectivity index (χ2v) is 5.31. The molecule has 114 valence electrons. The van der Waals surface area contributed by atoms with Gasteiger partial charge < -0.3 is 15.2 Å². The van der Waals surface area contributed by atoms with Crippen LogP contribution in [0.3, 0.4) is 0 Å². The summed E-state index contributed by atoms with van der Waals surface area (Å²) in [5.74, 6) is 2.18. The first kappa shape index (κ1) is 15.2. The number of hydrogen-bond donors (Lipinski definition) is 1. The molecule has 0 bridgehead atoms. The Balaban J connectivity index is 2.40. The predicted molar refractivity (Wildman–Crippen MR) is 81.9 cm³/mol. The van der Waals surface area contributed by atoms with Crippen molar-refractivity contribution < 1.29 is 9.47 Å². The van der Waals surface area contributed by atoms with Crippen LogP contribution in [0.1, 0.15) is 36.6 Å². The normalized spacial score (nSPS) is 11.0. The van der Waals surface area contributed by atoms with Gasteiger partial charge in [0, 0.05) is 0 Å². The van der Waals surface area contributed by atoms with E-state index in [0.717, 1.165) is 22.6 Å². The lowest BCUT2D eigenvalue weighted by Gasteiger charge is -2.14. The van der Waals surface area contributed by atoms with E-state index in [-0.39, 0.29) is 5.92 Å². The summed E-state index contributed by atoms with van der Waals surface area (Å²) in [6.45, 7) is 6.79. The summed E-state index contributed by atoms with van der Waals surface area (Å²) in [4.78, 5) is 0. The van der Waals surface area contributed by atoms with E-state index in [2.05, 4.69) is 24.2 Å². The number of anilines is 1. The number of hydrogen-bond acceptors (Lipinski definition) is 5. The fourth-order valence-corrected chi connectivity index (χ4v) is 2.40. The van der Waals surface area contributed by atoms with Gasteiger partial charge in [-0.05, 0) is 36.1 Å². The standard InChI is InChI=1S/C15H22N4O2/c1-9(2)14-15(16)17-18-19(14)8-11-7-13(21-5)12(20-4)6-10(11)3/h6-7,9H,8,16H2,1-5H3. The van der Waals surface area contributed by atoms with E-state index < -0.39 is 0 Å². The third-order valence-corrected chi connectivity index (χ3v) is 3.51. The zero-order valence-corrected chi connectivity index (χ0v) is 13.2. The molecular formula is C15H22N4O2. The Bertz CT molecular complexity index is 635. The number of aromatic nitrogens is 3. The van der Waals surface area contributed by atoms with Gasteiger partial charge in [-0.15, -0.1) is 5.10 Å². The van der Waals surface area contributed by atoms with E-state index in [0.29, 0.717) is 18.1 Å². The molecule has 0 saturated carbocycles. The van der Waals surface area contributed by atoms with Gasteiger partial charge in [-0.3, -0.25) is 0 Å². The van der Waals surface area contributed by atoms with Crippen molar-refractivity contribution in [2.75, 3.05) is 20.0 Å². The molecule has 0 saturated heterocycles. The lowest BCUT2D eigenvalue weighted by Crippen LogP contribution is -2.10. The van der Waals surface area contributed by atoms with E-state index in [1.54, 1.807) is 14.2 Å².